The first kappa shape index (κ1) is 12.7. The van der Waals surface area contributed by atoms with Crippen LogP contribution in [0, 0.1) is 0 Å². The Bertz CT molecular complexity index is 281. The number of allylic oxidation sites excluding steroid dienone is 6. The van der Waals surface area contributed by atoms with Crippen molar-refractivity contribution in [1.29, 1.82) is 0 Å². The minimum absolute atomic E-state index is 0.983. The molecule has 0 spiro atoms. The van der Waals surface area contributed by atoms with Crippen LogP contribution in [0.25, 0.3) is 0 Å². The molecule has 0 aliphatic rings. The second-order valence-electron chi connectivity index (χ2n) is 3.08. The normalized spacial score (nSPS) is 11.2. The molecule has 0 N–H and O–H groups in total. The maximum atomic E-state index is 3.89. The average Bonchev–Trinajstić information content (AvgIpc) is 2.18. The Morgan fingerprint density at radius 2 is 2.00 bits per heavy atom. The summed E-state index contributed by atoms with van der Waals surface area (Å²) in [5, 5.41) is 0. The lowest BCUT2D eigenvalue weighted by molar-refractivity contribution is 1.16. The summed E-state index contributed by atoms with van der Waals surface area (Å²) < 4.78 is 0. The van der Waals surface area contributed by atoms with Gasteiger partial charge < -0.3 is 0 Å². The SMILES string of the molecule is C=C(C=C=CC(C=CC)=CCC)CC. The maximum absolute atomic E-state index is 3.89. The number of rotatable bonds is 5. The van der Waals surface area contributed by atoms with Crippen molar-refractivity contribution in [1.82, 2.24) is 0 Å². The Labute approximate surface area is 88.0 Å². The standard InChI is InChI=1S/C14H20/c1-5-9-14(10-6-2)12-8-11-13(4)7-3/h5,9-12H,4,6-7H2,1-3H3. The highest BCUT2D eigenvalue weighted by molar-refractivity contribution is 5.31. The Morgan fingerprint density at radius 3 is 2.50 bits per heavy atom. The summed E-state index contributed by atoms with van der Waals surface area (Å²) in [5.74, 6) is 0. The van der Waals surface area contributed by atoms with Crippen LogP contribution in [0.2, 0.25) is 0 Å². The number of hydrogen-bond donors (Lipinski definition) is 0. The molecule has 0 aliphatic carbocycles. The Kier molecular flexibility index (Phi) is 7.59. The lowest BCUT2D eigenvalue weighted by atomic mass is 10.2. The van der Waals surface area contributed by atoms with Crippen molar-refractivity contribution < 1.29 is 0 Å². The summed E-state index contributed by atoms with van der Waals surface area (Å²) in [6.45, 7) is 10.1. The van der Waals surface area contributed by atoms with Gasteiger partial charge in [0.15, 0.2) is 0 Å². The van der Waals surface area contributed by atoms with Crippen LogP contribution in [0.5, 0.6) is 0 Å². The van der Waals surface area contributed by atoms with E-state index in [0.29, 0.717) is 0 Å². The molecule has 0 rings (SSSR count). The van der Waals surface area contributed by atoms with Gasteiger partial charge in [-0.25, -0.2) is 0 Å². The highest BCUT2D eigenvalue weighted by Gasteiger charge is 1.82. The molecule has 0 amide bonds. The molecule has 0 aliphatic heterocycles. The summed E-state index contributed by atoms with van der Waals surface area (Å²) in [5.41, 5.74) is 5.45. The lowest BCUT2D eigenvalue weighted by Crippen LogP contribution is -1.70. The van der Waals surface area contributed by atoms with E-state index in [1.165, 1.54) is 5.57 Å². The summed E-state index contributed by atoms with van der Waals surface area (Å²) >= 11 is 0. The van der Waals surface area contributed by atoms with Gasteiger partial charge in [-0.3, -0.25) is 0 Å². The van der Waals surface area contributed by atoms with Crippen LogP contribution < -0.4 is 0 Å². The van der Waals surface area contributed by atoms with Gasteiger partial charge in [-0.15, -0.1) is 5.73 Å². The highest BCUT2D eigenvalue weighted by Crippen LogP contribution is 2.02. The fraction of sp³-hybridized carbons (Fsp3) is 0.357. The molecule has 0 saturated heterocycles. The van der Waals surface area contributed by atoms with Gasteiger partial charge in [-0.05, 0) is 43.1 Å². The summed E-state index contributed by atoms with van der Waals surface area (Å²) in [6, 6.07) is 0. The molecule has 0 radical (unpaired) electrons. The van der Waals surface area contributed by atoms with E-state index in [1.807, 2.05) is 25.2 Å². The number of hydrogen-bond acceptors (Lipinski definition) is 0. The van der Waals surface area contributed by atoms with Gasteiger partial charge in [0, 0.05) is 0 Å². The lowest BCUT2D eigenvalue weighted by Gasteiger charge is -1.90. The molecule has 0 unspecified atom stereocenters. The molecular formula is C14H20. The zero-order valence-corrected chi connectivity index (χ0v) is 9.51. The van der Waals surface area contributed by atoms with Crippen LogP contribution in [0.15, 0.2) is 53.8 Å². The van der Waals surface area contributed by atoms with Crippen molar-refractivity contribution in [3.8, 4) is 0 Å². The highest BCUT2D eigenvalue weighted by atomic mass is 13.9. The quantitative estimate of drug-likeness (QED) is 0.437. The third-order valence-electron chi connectivity index (χ3n) is 1.79. The molecule has 0 fully saturated rings. The van der Waals surface area contributed by atoms with Gasteiger partial charge in [-0.1, -0.05) is 38.7 Å². The first-order valence-electron chi connectivity index (χ1n) is 5.17. The predicted molar refractivity (Wildman–Crippen MR) is 65.3 cm³/mol. The Hall–Kier alpha value is -1.26. The van der Waals surface area contributed by atoms with E-state index in [9.17, 15) is 0 Å². The largest absolute Gasteiger partial charge is 0.120 e. The molecular weight excluding hydrogens is 168 g/mol. The van der Waals surface area contributed by atoms with Crippen LogP contribution in [-0.2, 0) is 0 Å². The van der Waals surface area contributed by atoms with Gasteiger partial charge in [0.1, 0.15) is 0 Å². The molecule has 0 saturated carbocycles. The van der Waals surface area contributed by atoms with Gasteiger partial charge in [0.2, 0.25) is 0 Å². The van der Waals surface area contributed by atoms with Crippen molar-refractivity contribution in [2.24, 2.45) is 0 Å². The first-order chi connectivity index (χ1) is 6.74. The molecule has 0 heteroatoms. The van der Waals surface area contributed by atoms with E-state index in [1.54, 1.807) is 0 Å². The second kappa shape index (κ2) is 8.34. The van der Waals surface area contributed by atoms with E-state index in [2.05, 4.69) is 38.3 Å². The van der Waals surface area contributed by atoms with Gasteiger partial charge in [-0.2, -0.15) is 0 Å². The van der Waals surface area contributed by atoms with Gasteiger partial charge >= 0.3 is 0 Å². The molecule has 0 aromatic heterocycles. The van der Waals surface area contributed by atoms with Crippen molar-refractivity contribution in [3.63, 3.8) is 0 Å². The fourth-order valence-electron chi connectivity index (χ4n) is 0.961. The smallest absolute Gasteiger partial charge is 0.0130 e. The van der Waals surface area contributed by atoms with E-state index in [0.717, 1.165) is 18.4 Å². The molecule has 76 valence electrons. The van der Waals surface area contributed by atoms with E-state index < -0.39 is 0 Å². The van der Waals surface area contributed by atoms with Crippen LogP contribution in [0.4, 0.5) is 0 Å². The van der Waals surface area contributed by atoms with Crippen molar-refractivity contribution in [2.45, 2.75) is 33.6 Å². The van der Waals surface area contributed by atoms with E-state index in [4.69, 9.17) is 0 Å². The molecule has 0 heterocycles. The molecule has 0 aromatic rings. The second-order valence-corrected chi connectivity index (χ2v) is 3.08. The van der Waals surface area contributed by atoms with Crippen LogP contribution >= 0.6 is 0 Å². The summed E-state index contributed by atoms with van der Waals surface area (Å²) in [4.78, 5) is 0. The minimum Gasteiger partial charge on any atom is -0.120 e. The zero-order chi connectivity index (χ0) is 10.8. The molecule has 0 bridgehead atoms. The van der Waals surface area contributed by atoms with Gasteiger partial charge in [0.25, 0.3) is 0 Å². The van der Waals surface area contributed by atoms with Crippen molar-refractivity contribution in [2.75, 3.05) is 0 Å². The third-order valence-corrected chi connectivity index (χ3v) is 1.79. The van der Waals surface area contributed by atoms with Crippen LogP contribution in [0.1, 0.15) is 33.6 Å². The molecule has 14 heavy (non-hydrogen) atoms. The zero-order valence-electron chi connectivity index (χ0n) is 9.51. The Morgan fingerprint density at radius 1 is 1.29 bits per heavy atom. The monoisotopic (exact) mass is 188 g/mol. The Balaban J connectivity index is 4.51. The van der Waals surface area contributed by atoms with Gasteiger partial charge in [0.05, 0.1) is 0 Å². The topological polar surface area (TPSA) is 0 Å². The molecule has 0 aromatic carbocycles. The third kappa shape index (κ3) is 6.28. The van der Waals surface area contributed by atoms with E-state index in [-0.39, 0.29) is 0 Å². The average molecular weight is 188 g/mol. The molecule has 0 atom stereocenters. The fourth-order valence-corrected chi connectivity index (χ4v) is 0.961. The van der Waals surface area contributed by atoms with Crippen LogP contribution in [-0.4, -0.2) is 0 Å². The molecule has 0 nitrogen and oxygen atoms in total. The van der Waals surface area contributed by atoms with Crippen molar-refractivity contribution in [3.05, 3.63) is 53.8 Å². The minimum atomic E-state index is 0.983. The summed E-state index contributed by atoms with van der Waals surface area (Å²) in [6.07, 6.45) is 12.3. The first-order valence-corrected chi connectivity index (χ1v) is 5.17. The van der Waals surface area contributed by atoms with E-state index >= 15 is 0 Å². The summed E-state index contributed by atoms with van der Waals surface area (Å²) in [7, 11) is 0. The van der Waals surface area contributed by atoms with Crippen LogP contribution in [0.3, 0.4) is 0 Å². The van der Waals surface area contributed by atoms with Crippen molar-refractivity contribution >= 4 is 0 Å². The predicted octanol–water partition coefficient (Wildman–Crippen LogP) is 4.58. The maximum Gasteiger partial charge on any atom is -0.0130 e.